The summed E-state index contributed by atoms with van der Waals surface area (Å²) in [6.07, 6.45) is 2.79. The Kier molecular flexibility index (Phi) is 8.15. The Morgan fingerprint density at radius 2 is 2.04 bits per heavy atom. The number of fused-ring (bicyclic) bond motifs is 1. The lowest BCUT2D eigenvalue weighted by molar-refractivity contribution is 0.267. The van der Waals surface area contributed by atoms with Crippen molar-refractivity contribution in [1.82, 2.24) is 15.6 Å². The monoisotopic (exact) mass is 498 g/mol. The summed E-state index contributed by atoms with van der Waals surface area (Å²) < 4.78 is 11.6. The van der Waals surface area contributed by atoms with Crippen LogP contribution in [0.3, 0.4) is 0 Å². The molecule has 2 heterocycles. The number of ether oxygens (including phenoxy) is 1. The first-order chi connectivity index (χ1) is 13.0. The Morgan fingerprint density at radius 3 is 2.75 bits per heavy atom. The van der Waals surface area contributed by atoms with Crippen molar-refractivity contribution in [2.75, 3.05) is 19.7 Å². The summed E-state index contributed by atoms with van der Waals surface area (Å²) in [5.74, 6) is 3.69. The van der Waals surface area contributed by atoms with E-state index in [0.29, 0.717) is 18.4 Å². The molecular weight excluding hydrogens is 467 g/mol. The number of rotatable bonds is 5. The van der Waals surface area contributed by atoms with Crippen LogP contribution in [0.2, 0.25) is 0 Å². The third kappa shape index (κ3) is 5.86. The van der Waals surface area contributed by atoms with E-state index in [-0.39, 0.29) is 29.4 Å². The number of nitrogens with one attached hydrogen (secondary N) is 2. The highest BCUT2D eigenvalue weighted by Gasteiger charge is 2.21. The third-order valence-electron chi connectivity index (χ3n) is 4.61. The van der Waals surface area contributed by atoms with Crippen molar-refractivity contribution in [3.63, 3.8) is 0 Å². The van der Waals surface area contributed by atoms with Gasteiger partial charge in [-0.3, -0.25) is 0 Å². The van der Waals surface area contributed by atoms with E-state index in [4.69, 9.17) is 9.15 Å². The number of guanidine groups is 1. The minimum Gasteiger partial charge on any atom is -0.493 e. The molecule has 0 saturated carbocycles. The largest absolute Gasteiger partial charge is 0.493 e. The van der Waals surface area contributed by atoms with Gasteiger partial charge in [0.25, 0.3) is 0 Å². The second kappa shape index (κ2) is 10.1. The predicted molar refractivity (Wildman–Crippen MR) is 123 cm³/mol. The number of oxazole rings is 1. The number of halogens is 1. The van der Waals surface area contributed by atoms with Crippen LogP contribution in [0.4, 0.5) is 0 Å². The molecule has 2 aromatic rings. The first-order valence-electron chi connectivity index (χ1n) is 9.66. The van der Waals surface area contributed by atoms with Crippen molar-refractivity contribution in [3.8, 4) is 5.75 Å². The molecule has 1 atom stereocenters. The highest BCUT2D eigenvalue weighted by atomic mass is 127. The van der Waals surface area contributed by atoms with E-state index in [2.05, 4.69) is 60.4 Å². The van der Waals surface area contributed by atoms with Crippen molar-refractivity contribution in [2.45, 2.75) is 52.0 Å². The molecule has 1 aliphatic heterocycles. The molecule has 2 N–H and O–H groups in total. The average molecular weight is 498 g/mol. The van der Waals surface area contributed by atoms with Crippen LogP contribution in [-0.4, -0.2) is 30.6 Å². The van der Waals surface area contributed by atoms with Gasteiger partial charge in [0, 0.05) is 24.4 Å². The molecule has 1 unspecified atom stereocenters. The summed E-state index contributed by atoms with van der Waals surface area (Å²) in [5.41, 5.74) is 1.21. The van der Waals surface area contributed by atoms with Crippen molar-refractivity contribution >= 4 is 29.9 Å². The van der Waals surface area contributed by atoms with Gasteiger partial charge in [-0.1, -0.05) is 39.0 Å². The van der Waals surface area contributed by atoms with E-state index in [0.717, 1.165) is 43.6 Å². The van der Waals surface area contributed by atoms with Crippen molar-refractivity contribution in [2.24, 2.45) is 4.99 Å². The highest BCUT2D eigenvalue weighted by Crippen LogP contribution is 2.32. The fourth-order valence-corrected chi connectivity index (χ4v) is 3.07. The Bertz CT molecular complexity index is 783. The molecule has 0 fully saturated rings. The standard InChI is InChI=1S/C21H30N4O2.HI/c1-5-22-20(25-14-19-23-13-18(27-19)21(2,3)4)24-12-15-10-11-26-17-9-7-6-8-16(15)17;/h6-9,13,15H,5,10-12,14H2,1-4H3,(H2,22,24,25);1H. The van der Waals surface area contributed by atoms with Crippen molar-refractivity contribution < 1.29 is 9.15 Å². The lowest BCUT2D eigenvalue weighted by Crippen LogP contribution is -2.40. The van der Waals surface area contributed by atoms with Crippen LogP contribution in [0, 0.1) is 0 Å². The fourth-order valence-electron chi connectivity index (χ4n) is 3.07. The first kappa shape index (κ1) is 22.5. The van der Waals surface area contributed by atoms with Gasteiger partial charge in [0.05, 0.1) is 12.8 Å². The first-order valence-corrected chi connectivity index (χ1v) is 9.66. The van der Waals surface area contributed by atoms with Gasteiger partial charge in [-0.25, -0.2) is 9.98 Å². The van der Waals surface area contributed by atoms with Gasteiger partial charge in [-0.2, -0.15) is 0 Å². The molecule has 0 radical (unpaired) electrons. The van der Waals surface area contributed by atoms with Crippen molar-refractivity contribution in [1.29, 1.82) is 0 Å². The second-order valence-corrected chi connectivity index (χ2v) is 7.82. The summed E-state index contributed by atoms with van der Waals surface area (Å²) in [5, 5.41) is 6.74. The minimum atomic E-state index is -0.0475. The van der Waals surface area contributed by atoms with Gasteiger partial charge in [0.15, 0.2) is 5.96 Å². The summed E-state index contributed by atoms with van der Waals surface area (Å²) in [6.45, 7) is 11.2. The number of para-hydroxylation sites is 1. The number of nitrogens with zero attached hydrogens (tertiary/aromatic N) is 2. The summed E-state index contributed by atoms with van der Waals surface area (Å²) >= 11 is 0. The molecule has 1 aromatic heterocycles. The Labute approximate surface area is 184 Å². The summed E-state index contributed by atoms with van der Waals surface area (Å²) in [6, 6.07) is 8.26. The number of hydrogen-bond acceptors (Lipinski definition) is 4. The summed E-state index contributed by atoms with van der Waals surface area (Å²) in [4.78, 5) is 8.98. The number of hydrogen-bond donors (Lipinski definition) is 2. The fraction of sp³-hybridized carbons (Fsp3) is 0.524. The van der Waals surface area contributed by atoms with E-state index in [9.17, 15) is 0 Å². The van der Waals surface area contributed by atoms with Gasteiger partial charge in [-0.15, -0.1) is 24.0 Å². The van der Waals surface area contributed by atoms with E-state index in [1.165, 1.54) is 5.56 Å². The maximum atomic E-state index is 5.83. The molecule has 0 spiro atoms. The molecule has 3 rings (SSSR count). The van der Waals surface area contributed by atoms with Crippen LogP contribution in [0.1, 0.15) is 57.2 Å². The molecule has 28 heavy (non-hydrogen) atoms. The van der Waals surface area contributed by atoms with Crippen LogP contribution in [0.25, 0.3) is 0 Å². The molecule has 0 aliphatic carbocycles. The average Bonchev–Trinajstić information content (AvgIpc) is 3.13. The van der Waals surface area contributed by atoms with Crippen LogP contribution < -0.4 is 15.4 Å². The molecule has 0 bridgehead atoms. The number of aliphatic imine (C=N–C) groups is 1. The van der Waals surface area contributed by atoms with Crippen LogP contribution in [0.5, 0.6) is 5.75 Å². The Balaban J connectivity index is 0.00000280. The van der Waals surface area contributed by atoms with Gasteiger partial charge in [0.2, 0.25) is 5.89 Å². The molecular formula is C21H31IN4O2. The Morgan fingerprint density at radius 1 is 1.25 bits per heavy atom. The SMILES string of the molecule is CCNC(=NCc1ncc(C(C)(C)C)o1)NCC1CCOc2ccccc21.I. The molecule has 7 heteroatoms. The van der Waals surface area contributed by atoms with Crippen LogP contribution in [0.15, 0.2) is 39.9 Å². The Hall–Kier alpha value is -1.77. The zero-order valence-electron chi connectivity index (χ0n) is 17.1. The van der Waals surface area contributed by atoms with E-state index < -0.39 is 0 Å². The van der Waals surface area contributed by atoms with Crippen LogP contribution in [-0.2, 0) is 12.0 Å². The van der Waals surface area contributed by atoms with Crippen molar-refractivity contribution in [3.05, 3.63) is 47.7 Å². The zero-order chi connectivity index (χ0) is 19.3. The molecule has 1 aromatic carbocycles. The smallest absolute Gasteiger partial charge is 0.216 e. The minimum absolute atomic E-state index is 0. The van der Waals surface area contributed by atoms with Gasteiger partial charge >= 0.3 is 0 Å². The van der Waals surface area contributed by atoms with Gasteiger partial charge in [0.1, 0.15) is 18.1 Å². The lowest BCUT2D eigenvalue weighted by Gasteiger charge is -2.26. The molecule has 0 saturated heterocycles. The molecule has 154 valence electrons. The van der Waals surface area contributed by atoms with Crippen LogP contribution >= 0.6 is 24.0 Å². The molecule has 6 nitrogen and oxygen atoms in total. The van der Waals surface area contributed by atoms with Gasteiger partial charge < -0.3 is 19.8 Å². The van der Waals surface area contributed by atoms with E-state index >= 15 is 0 Å². The summed E-state index contributed by atoms with van der Waals surface area (Å²) in [7, 11) is 0. The predicted octanol–water partition coefficient (Wildman–Crippen LogP) is 4.21. The maximum absolute atomic E-state index is 5.83. The maximum Gasteiger partial charge on any atom is 0.216 e. The lowest BCUT2D eigenvalue weighted by atomic mass is 9.93. The number of benzene rings is 1. The number of aromatic nitrogens is 1. The highest BCUT2D eigenvalue weighted by molar-refractivity contribution is 14.0. The second-order valence-electron chi connectivity index (χ2n) is 7.82. The van der Waals surface area contributed by atoms with Gasteiger partial charge in [-0.05, 0) is 25.0 Å². The zero-order valence-corrected chi connectivity index (χ0v) is 19.4. The topological polar surface area (TPSA) is 71.7 Å². The van der Waals surface area contributed by atoms with E-state index in [1.807, 2.05) is 12.1 Å². The molecule has 0 amide bonds. The molecule has 1 aliphatic rings. The third-order valence-corrected chi connectivity index (χ3v) is 4.61. The van der Waals surface area contributed by atoms with E-state index in [1.54, 1.807) is 6.20 Å². The quantitative estimate of drug-likeness (QED) is 0.367. The normalized spacial score (nSPS) is 16.6.